The first kappa shape index (κ1) is 17.2. The highest BCUT2D eigenvalue weighted by Crippen LogP contribution is 2.46. The molecule has 3 N–H and O–H groups in total. The number of hydrogen-bond acceptors (Lipinski definition) is 3. The zero-order valence-electron chi connectivity index (χ0n) is 15.4. The van der Waals surface area contributed by atoms with Crippen molar-refractivity contribution in [3.8, 4) is 0 Å². The molecule has 4 nitrogen and oxygen atoms in total. The minimum Gasteiger partial charge on any atom is -0.346 e. The van der Waals surface area contributed by atoms with E-state index in [0.717, 1.165) is 31.4 Å². The number of hydrogen-bond donors (Lipinski definition) is 2. The lowest BCUT2D eigenvalue weighted by Gasteiger charge is -2.40. The molecule has 2 fully saturated rings. The molecule has 1 aromatic heterocycles. The van der Waals surface area contributed by atoms with Gasteiger partial charge in [-0.3, -0.25) is 9.78 Å². The molecule has 4 rings (SSSR count). The molecule has 1 heterocycles. The number of benzene rings is 1. The van der Waals surface area contributed by atoms with Gasteiger partial charge in [0.2, 0.25) is 0 Å². The summed E-state index contributed by atoms with van der Waals surface area (Å²) in [5, 5.41) is 3.28. The molecular weight excluding hydrogens is 322 g/mol. The van der Waals surface area contributed by atoms with Gasteiger partial charge in [-0.05, 0) is 49.3 Å². The monoisotopic (exact) mass is 349 g/mol. The summed E-state index contributed by atoms with van der Waals surface area (Å²) in [6.07, 6.45) is 7.02. The van der Waals surface area contributed by atoms with Crippen LogP contribution in [0, 0.1) is 5.92 Å². The van der Waals surface area contributed by atoms with E-state index in [4.69, 9.17) is 5.73 Å². The van der Waals surface area contributed by atoms with Crippen LogP contribution in [-0.2, 0) is 11.8 Å². The van der Waals surface area contributed by atoms with Crippen molar-refractivity contribution >= 4 is 5.91 Å². The number of nitrogens with two attached hydrogens (primary N) is 1. The Kier molecular flexibility index (Phi) is 4.31. The molecule has 0 unspecified atom stereocenters. The van der Waals surface area contributed by atoms with Gasteiger partial charge < -0.3 is 11.1 Å². The van der Waals surface area contributed by atoms with Crippen LogP contribution < -0.4 is 11.1 Å². The molecule has 0 bridgehead atoms. The van der Waals surface area contributed by atoms with Crippen LogP contribution in [0.3, 0.4) is 0 Å². The summed E-state index contributed by atoms with van der Waals surface area (Å²) in [6, 6.07) is 14.3. The number of carbonyl (C=O) groups is 1. The average molecular weight is 349 g/mol. The van der Waals surface area contributed by atoms with Crippen molar-refractivity contribution in [2.24, 2.45) is 11.7 Å². The van der Waals surface area contributed by atoms with Crippen LogP contribution in [0.1, 0.15) is 54.2 Å². The summed E-state index contributed by atoms with van der Waals surface area (Å²) in [7, 11) is 0. The van der Waals surface area contributed by atoms with Gasteiger partial charge in [-0.15, -0.1) is 0 Å². The first-order valence-corrected chi connectivity index (χ1v) is 9.60. The largest absolute Gasteiger partial charge is 0.346 e. The van der Waals surface area contributed by atoms with Crippen molar-refractivity contribution < 1.29 is 4.79 Å². The first-order valence-electron chi connectivity index (χ1n) is 9.60. The summed E-state index contributed by atoms with van der Waals surface area (Å²) < 4.78 is 0. The SMILES string of the molecule is C[C@@H]1C[C@]1(Cc1ccccc1)NC(=O)c1ccc(C2(CN)CCC2)nc1. The molecule has 2 aliphatic carbocycles. The number of aromatic nitrogens is 1. The van der Waals surface area contributed by atoms with E-state index in [9.17, 15) is 4.79 Å². The molecule has 2 aromatic rings. The van der Waals surface area contributed by atoms with E-state index >= 15 is 0 Å². The summed E-state index contributed by atoms with van der Waals surface area (Å²) in [5.74, 6) is 0.467. The third-order valence-corrected chi connectivity index (χ3v) is 6.45. The van der Waals surface area contributed by atoms with Crippen LogP contribution in [0.2, 0.25) is 0 Å². The Balaban J connectivity index is 1.46. The van der Waals surface area contributed by atoms with Crippen molar-refractivity contribution in [3.63, 3.8) is 0 Å². The summed E-state index contributed by atoms with van der Waals surface area (Å²) >= 11 is 0. The number of carbonyl (C=O) groups excluding carboxylic acids is 1. The molecule has 136 valence electrons. The molecule has 0 radical (unpaired) electrons. The lowest BCUT2D eigenvalue weighted by Crippen LogP contribution is -2.42. The number of rotatable bonds is 6. The van der Waals surface area contributed by atoms with Crippen LogP contribution in [0.25, 0.3) is 0 Å². The second-order valence-electron chi connectivity index (χ2n) is 8.15. The smallest absolute Gasteiger partial charge is 0.253 e. The van der Waals surface area contributed by atoms with E-state index in [1.807, 2.05) is 30.3 Å². The molecule has 1 amide bonds. The Hall–Kier alpha value is -2.20. The van der Waals surface area contributed by atoms with Crippen molar-refractivity contribution in [2.45, 2.75) is 50.0 Å². The molecule has 2 saturated carbocycles. The van der Waals surface area contributed by atoms with Gasteiger partial charge in [0.25, 0.3) is 5.91 Å². The zero-order valence-corrected chi connectivity index (χ0v) is 15.4. The maximum absolute atomic E-state index is 12.8. The van der Waals surface area contributed by atoms with E-state index in [-0.39, 0.29) is 16.9 Å². The van der Waals surface area contributed by atoms with Crippen molar-refractivity contribution in [2.75, 3.05) is 6.54 Å². The fraction of sp³-hybridized carbons (Fsp3) is 0.455. The third kappa shape index (κ3) is 3.03. The summed E-state index contributed by atoms with van der Waals surface area (Å²) in [6.45, 7) is 2.83. The molecule has 0 saturated heterocycles. The Morgan fingerprint density at radius 2 is 1.96 bits per heavy atom. The minimum atomic E-state index is -0.121. The van der Waals surface area contributed by atoms with E-state index < -0.39 is 0 Å². The molecule has 4 heteroatoms. The topological polar surface area (TPSA) is 68.0 Å². The van der Waals surface area contributed by atoms with Gasteiger partial charge in [0, 0.05) is 29.4 Å². The van der Waals surface area contributed by atoms with Crippen LogP contribution in [-0.4, -0.2) is 23.0 Å². The molecule has 0 spiro atoms. The van der Waals surface area contributed by atoms with E-state index in [0.29, 0.717) is 18.0 Å². The maximum atomic E-state index is 12.8. The van der Waals surface area contributed by atoms with Gasteiger partial charge in [-0.25, -0.2) is 0 Å². The average Bonchev–Trinajstić information content (AvgIpc) is 3.24. The van der Waals surface area contributed by atoms with E-state index in [1.165, 1.54) is 12.0 Å². The third-order valence-electron chi connectivity index (χ3n) is 6.45. The van der Waals surface area contributed by atoms with Gasteiger partial charge in [0.15, 0.2) is 0 Å². The van der Waals surface area contributed by atoms with Crippen LogP contribution in [0.4, 0.5) is 0 Å². The highest BCUT2D eigenvalue weighted by molar-refractivity contribution is 5.94. The highest BCUT2D eigenvalue weighted by Gasteiger charge is 2.52. The molecule has 26 heavy (non-hydrogen) atoms. The lowest BCUT2D eigenvalue weighted by molar-refractivity contribution is 0.0927. The van der Waals surface area contributed by atoms with Crippen molar-refractivity contribution in [3.05, 3.63) is 65.5 Å². The number of nitrogens with zero attached hydrogens (tertiary/aromatic N) is 1. The normalized spacial score (nSPS) is 26.0. The molecule has 0 aliphatic heterocycles. The fourth-order valence-electron chi connectivity index (χ4n) is 4.22. The molecular formula is C22H27N3O. The van der Waals surface area contributed by atoms with Crippen LogP contribution in [0.5, 0.6) is 0 Å². The van der Waals surface area contributed by atoms with Gasteiger partial charge in [0.1, 0.15) is 0 Å². The highest BCUT2D eigenvalue weighted by atomic mass is 16.1. The van der Waals surface area contributed by atoms with Gasteiger partial charge in [-0.1, -0.05) is 43.7 Å². The van der Waals surface area contributed by atoms with Crippen LogP contribution in [0.15, 0.2) is 48.7 Å². The van der Waals surface area contributed by atoms with Gasteiger partial charge in [-0.2, -0.15) is 0 Å². The molecule has 2 aliphatic rings. The minimum absolute atomic E-state index is 0.0280. The number of pyridine rings is 1. The standard InChI is InChI=1S/C22H27N3O/c1-16-12-22(16,13-17-6-3-2-4-7-17)25-20(26)18-8-9-19(24-14-18)21(15-23)10-5-11-21/h2-4,6-9,14,16H,5,10-13,15,23H2,1H3,(H,25,26)/t16-,22-/m1/s1. The first-order chi connectivity index (χ1) is 12.6. The predicted octanol–water partition coefficient (Wildman–Crippen LogP) is 3.21. The lowest BCUT2D eigenvalue weighted by atomic mass is 9.66. The Bertz CT molecular complexity index is 777. The van der Waals surface area contributed by atoms with E-state index in [1.54, 1.807) is 6.20 Å². The Labute approximate surface area is 155 Å². The molecule has 1 aromatic carbocycles. The second-order valence-corrected chi connectivity index (χ2v) is 8.15. The second kappa shape index (κ2) is 6.51. The number of amides is 1. The van der Waals surface area contributed by atoms with E-state index in [2.05, 4.69) is 29.4 Å². The van der Waals surface area contributed by atoms with Gasteiger partial charge in [0.05, 0.1) is 5.56 Å². The van der Waals surface area contributed by atoms with Crippen LogP contribution >= 0.6 is 0 Å². The Morgan fingerprint density at radius 1 is 1.23 bits per heavy atom. The quantitative estimate of drug-likeness (QED) is 0.841. The number of nitrogens with one attached hydrogen (secondary N) is 1. The Morgan fingerprint density at radius 3 is 2.46 bits per heavy atom. The predicted molar refractivity (Wildman–Crippen MR) is 103 cm³/mol. The maximum Gasteiger partial charge on any atom is 0.253 e. The van der Waals surface area contributed by atoms with Crippen molar-refractivity contribution in [1.82, 2.24) is 10.3 Å². The van der Waals surface area contributed by atoms with Gasteiger partial charge >= 0.3 is 0 Å². The fourth-order valence-corrected chi connectivity index (χ4v) is 4.22. The zero-order chi connectivity index (χ0) is 18.2. The summed E-state index contributed by atoms with van der Waals surface area (Å²) in [5.41, 5.74) is 8.80. The van der Waals surface area contributed by atoms with Crippen molar-refractivity contribution in [1.29, 1.82) is 0 Å². The molecule has 2 atom stereocenters. The summed E-state index contributed by atoms with van der Waals surface area (Å²) in [4.78, 5) is 17.4.